The molecular weight excluding hydrogens is 637 g/mol. The molecule has 10 rings (SSSR count). The van der Waals surface area contributed by atoms with Crippen molar-refractivity contribution in [3.05, 3.63) is 144 Å². The van der Waals surface area contributed by atoms with E-state index in [0.29, 0.717) is 0 Å². The molecule has 2 bridgehead atoms. The maximum atomic E-state index is 2.38. The molecule has 292 valence electrons. The minimum absolute atomic E-state index is 0.991. The molecule has 0 N–H and O–H groups in total. The molecular formula is C53H80. The Kier molecular flexibility index (Phi) is 29.1. The first-order chi connectivity index (χ1) is 26.4. The summed E-state index contributed by atoms with van der Waals surface area (Å²) < 4.78 is 0. The van der Waals surface area contributed by atoms with Gasteiger partial charge >= 0.3 is 0 Å². The van der Waals surface area contributed by atoms with Crippen LogP contribution >= 0.6 is 0 Å². The number of allylic oxidation sites excluding steroid dienone is 12. The van der Waals surface area contributed by atoms with Crippen LogP contribution in [0.3, 0.4) is 0 Å². The van der Waals surface area contributed by atoms with Gasteiger partial charge in [0.1, 0.15) is 0 Å². The third kappa shape index (κ3) is 22.6. The van der Waals surface area contributed by atoms with E-state index in [2.05, 4.69) is 121 Å². The summed E-state index contributed by atoms with van der Waals surface area (Å²) in [5.41, 5.74) is 6.29. The average Bonchev–Trinajstić information content (AvgIpc) is 4.12. The molecule has 1 fully saturated rings. The Hall–Kier alpha value is -3.12. The molecule has 8 aliphatic rings. The molecule has 0 aromatic heterocycles. The lowest BCUT2D eigenvalue weighted by atomic mass is 9.92. The second kappa shape index (κ2) is 33.4. The molecule has 0 aliphatic heterocycles. The summed E-state index contributed by atoms with van der Waals surface area (Å²) in [7, 11) is 0. The Bertz CT molecular complexity index is 1220. The molecule has 2 unspecified atom stereocenters. The molecule has 2 atom stereocenters. The van der Waals surface area contributed by atoms with Crippen LogP contribution in [-0.2, 0) is 25.7 Å². The van der Waals surface area contributed by atoms with Crippen LogP contribution in [0.2, 0.25) is 0 Å². The van der Waals surface area contributed by atoms with Gasteiger partial charge in [0.25, 0.3) is 0 Å². The summed E-state index contributed by atoms with van der Waals surface area (Å²) in [5.74, 6) is 1.98. The summed E-state index contributed by atoms with van der Waals surface area (Å²) >= 11 is 0. The summed E-state index contributed by atoms with van der Waals surface area (Å²) in [4.78, 5) is 0. The van der Waals surface area contributed by atoms with Gasteiger partial charge in [-0.3, -0.25) is 0 Å². The molecule has 0 nitrogen and oxygen atoms in total. The van der Waals surface area contributed by atoms with Gasteiger partial charge in [-0.25, -0.2) is 0 Å². The van der Waals surface area contributed by atoms with E-state index in [9.17, 15) is 0 Å². The van der Waals surface area contributed by atoms with E-state index in [-0.39, 0.29) is 0 Å². The predicted octanol–water partition coefficient (Wildman–Crippen LogP) is 16.6. The van der Waals surface area contributed by atoms with Crippen LogP contribution in [0.4, 0.5) is 0 Å². The van der Waals surface area contributed by atoms with Crippen LogP contribution in [0.5, 0.6) is 0 Å². The van der Waals surface area contributed by atoms with Gasteiger partial charge in [-0.1, -0.05) is 156 Å². The summed E-state index contributed by atoms with van der Waals surface area (Å²) in [5, 5.41) is 0. The van der Waals surface area contributed by atoms with Gasteiger partial charge in [-0.05, 0) is 175 Å². The van der Waals surface area contributed by atoms with E-state index in [0.717, 1.165) is 18.3 Å². The first kappa shape index (κ1) is 46.0. The van der Waals surface area contributed by atoms with Crippen molar-refractivity contribution >= 4 is 0 Å². The van der Waals surface area contributed by atoms with Gasteiger partial charge in [-0.2, -0.15) is 0 Å². The Morgan fingerprint density at radius 1 is 0.358 bits per heavy atom. The van der Waals surface area contributed by atoms with Crippen molar-refractivity contribution in [2.24, 2.45) is 11.8 Å². The fourth-order valence-electron chi connectivity index (χ4n) is 7.59. The third-order valence-electron chi connectivity index (χ3n) is 10.6. The summed E-state index contributed by atoms with van der Waals surface area (Å²) in [6.45, 7) is 8.00. The first-order valence-corrected chi connectivity index (χ1v) is 22.5. The lowest BCUT2D eigenvalue weighted by Gasteiger charge is -2.13. The van der Waals surface area contributed by atoms with E-state index in [1.54, 1.807) is 22.3 Å². The molecule has 0 heterocycles. The van der Waals surface area contributed by atoms with Crippen molar-refractivity contribution in [2.75, 3.05) is 0 Å². The number of benzene rings is 2. The quantitative estimate of drug-likeness (QED) is 0.238. The number of hydrogen-bond acceptors (Lipinski definition) is 0. The number of fused-ring (bicyclic) bond motifs is 4. The SMILES string of the molecule is C1=CC2CCC1C2.C1=CCC=C1.C1=CCCC1.C1=CCCCC1.C1=CCCCCC1.CC.CC.c1ccc2c(c1)CCC2.c1ccc2c(c1)CCCC2. The number of hydrogen-bond donors (Lipinski definition) is 0. The van der Waals surface area contributed by atoms with E-state index >= 15 is 0 Å². The fraction of sp³-hybridized carbons (Fsp3) is 0.547. The first-order valence-electron chi connectivity index (χ1n) is 22.5. The van der Waals surface area contributed by atoms with Crippen LogP contribution in [0.25, 0.3) is 0 Å². The second-order valence-electron chi connectivity index (χ2n) is 14.7. The monoisotopic (exact) mass is 717 g/mol. The van der Waals surface area contributed by atoms with Crippen molar-refractivity contribution in [3.8, 4) is 0 Å². The molecule has 2 aromatic carbocycles. The highest BCUT2D eigenvalue weighted by molar-refractivity contribution is 5.30. The number of aryl methyl sites for hydroxylation is 4. The minimum Gasteiger partial charge on any atom is -0.0885 e. The predicted molar refractivity (Wildman–Crippen MR) is 240 cm³/mol. The van der Waals surface area contributed by atoms with Crippen LogP contribution in [-0.4, -0.2) is 0 Å². The summed E-state index contributed by atoms with van der Waals surface area (Å²) in [6, 6.07) is 17.5. The van der Waals surface area contributed by atoms with Crippen LogP contribution in [0.15, 0.2) is 121 Å². The standard InChI is InChI=1S/C10H12.C9H10.C7H10.C7H12.C6H10.C5H8.C5H6.2C2H6/c1-2-6-10-8-4-3-7-9(10)5-1;1-2-5-9-7-3-6-8(9)4-1;1-2-7-4-3-6(1)5-7;1-2-4-6-7-5-3-1;1-2-4-6-5-3-1;2*1-2-4-5-3-1;2*1-2/h1-2,5-6H,3-4,7-8H2;1-2,4-5H,3,6-7H2;1-2,6-7H,3-5H2;1-2H,3-7H2;1-2H,3-6H2;1-2H,3-5H2;1-4H,5H2;2*1-2H3. The maximum Gasteiger partial charge on any atom is -0.0163 e. The second-order valence-corrected chi connectivity index (χ2v) is 14.7. The van der Waals surface area contributed by atoms with Crippen LogP contribution < -0.4 is 0 Å². The molecule has 0 heteroatoms. The third-order valence-corrected chi connectivity index (χ3v) is 10.6. The number of rotatable bonds is 0. The topological polar surface area (TPSA) is 0 Å². The van der Waals surface area contributed by atoms with Gasteiger partial charge in [-0.15, -0.1) is 0 Å². The molecule has 53 heavy (non-hydrogen) atoms. The van der Waals surface area contributed by atoms with E-state index in [4.69, 9.17) is 0 Å². The fourth-order valence-corrected chi connectivity index (χ4v) is 7.59. The Morgan fingerprint density at radius 2 is 0.698 bits per heavy atom. The zero-order valence-corrected chi connectivity index (χ0v) is 35.0. The highest BCUT2D eigenvalue weighted by atomic mass is 14.3. The molecule has 0 radical (unpaired) electrons. The van der Waals surface area contributed by atoms with Crippen molar-refractivity contribution in [1.29, 1.82) is 0 Å². The molecule has 0 spiro atoms. The summed E-state index contributed by atoms with van der Waals surface area (Å²) in [6.07, 6.45) is 58.0. The molecule has 2 aromatic rings. The van der Waals surface area contributed by atoms with Gasteiger partial charge in [0.05, 0.1) is 0 Å². The van der Waals surface area contributed by atoms with E-state index < -0.39 is 0 Å². The van der Waals surface area contributed by atoms with Crippen molar-refractivity contribution in [2.45, 2.75) is 175 Å². The highest BCUT2D eigenvalue weighted by Crippen LogP contribution is 2.38. The van der Waals surface area contributed by atoms with Gasteiger partial charge < -0.3 is 0 Å². The Labute approximate surface area is 329 Å². The largest absolute Gasteiger partial charge is 0.0885 e. The van der Waals surface area contributed by atoms with Crippen LogP contribution in [0.1, 0.15) is 172 Å². The molecule has 1 saturated carbocycles. The smallest absolute Gasteiger partial charge is 0.0163 e. The zero-order valence-electron chi connectivity index (χ0n) is 35.0. The molecule has 0 amide bonds. The maximum absolute atomic E-state index is 2.38. The van der Waals surface area contributed by atoms with E-state index in [1.807, 2.05) is 27.7 Å². The molecule has 8 aliphatic carbocycles. The minimum atomic E-state index is 0.991. The normalized spacial score (nSPS) is 20.9. The van der Waals surface area contributed by atoms with Crippen molar-refractivity contribution in [3.63, 3.8) is 0 Å². The van der Waals surface area contributed by atoms with Crippen molar-refractivity contribution in [1.82, 2.24) is 0 Å². The van der Waals surface area contributed by atoms with E-state index in [1.165, 1.54) is 141 Å². The Morgan fingerprint density at radius 3 is 0.962 bits per heavy atom. The lowest BCUT2D eigenvalue weighted by Crippen LogP contribution is -2.00. The highest BCUT2D eigenvalue weighted by Gasteiger charge is 2.25. The zero-order chi connectivity index (χ0) is 37.9. The average molecular weight is 717 g/mol. The van der Waals surface area contributed by atoms with Gasteiger partial charge in [0.15, 0.2) is 0 Å². The van der Waals surface area contributed by atoms with Gasteiger partial charge in [0.2, 0.25) is 0 Å². The lowest BCUT2D eigenvalue weighted by molar-refractivity contribution is 0.685. The van der Waals surface area contributed by atoms with Crippen molar-refractivity contribution < 1.29 is 0 Å². The van der Waals surface area contributed by atoms with Crippen LogP contribution in [0, 0.1) is 11.8 Å². The molecule has 0 saturated heterocycles. The van der Waals surface area contributed by atoms with Gasteiger partial charge in [0, 0.05) is 0 Å². The Balaban J connectivity index is 0.000000213.